The van der Waals surface area contributed by atoms with Crippen LogP contribution in [0.3, 0.4) is 0 Å². The Morgan fingerprint density at radius 2 is 1.93 bits per heavy atom. The second kappa shape index (κ2) is 6.04. The number of hydrogen-bond donors (Lipinski definition) is 3. The van der Waals surface area contributed by atoms with Crippen LogP contribution in [0.2, 0.25) is 0 Å². The molecular formula is C8H18N2O4S. The number of carboxylic acids is 1. The van der Waals surface area contributed by atoms with E-state index in [-0.39, 0.29) is 18.9 Å². The summed E-state index contributed by atoms with van der Waals surface area (Å²) >= 11 is 0. The Morgan fingerprint density at radius 3 is 2.27 bits per heavy atom. The monoisotopic (exact) mass is 238 g/mol. The second-order valence-corrected chi connectivity index (χ2v) is 5.19. The molecule has 6 nitrogen and oxygen atoms in total. The fourth-order valence-electron chi connectivity index (χ4n) is 0.814. The molecule has 15 heavy (non-hydrogen) atoms. The Morgan fingerprint density at radius 1 is 1.40 bits per heavy atom. The average Bonchev–Trinajstić information content (AvgIpc) is 2.11. The van der Waals surface area contributed by atoms with Crippen molar-refractivity contribution in [3.05, 3.63) is 0 Å². The molecule has 1 unspecified atom stereocenters. The van der Waals surface area contributed by atoms with E-state index >= 15 is 0 Å². The minimum atomic E-state index is -3.71. The molecule has 0 aliphatic carbocycles. The summed E-state index contributed by atoms with van der Waals surface area (Å²) in [5.74, 6) is -1.00. The Bertz CT molecular complexity index is 300. The van der Waals surface area contributed by atoms with Gasteiger partial charge in [-0.25, -0.2) is 4.72 Å². The molecule has 0 spiro atoms. The molecular weight excluding hydrogens is 220 g/mol. The molecule has 0 aromatic carbocycles. The van der Waals surface area contributed by atoms with Crippen molar-refractivity contribution in [2.45, 2.75) is 33.2 Å². The van der Waals surface area contributed by atoms with Crippen molar-refractivity contribution in [3.8, 4) is 0 Å². The highest BCUT2D eigenvalue weighted by Crippen LogP contribution is 1.95. The standard InChI is InChI=1S/C8H18N2O4S/c1-4-7(8(11)12)10-15(13,14)9-5-6(2)3/h6-7,9-10H,4-5H2,1-3H3,(H,11,12). The largest absolute Gasteiger partial charge is 0.480 e. The van der Waals surface area contributed by atoms with Gasteiger partial charge in [-0.1, -0.05) is 20.8 Å². The molecule has 0 rings (SSSR count). The lowest BCUT2D eigenvalue weighted by Gasteiger charge is -2.14. The van der Waals surface area contributed by atoms with Gasteiger partial charge in [0, 0.05) is 6.54 Å². The van der Waals surface area contributed by atoms with E-state index in [2.05, 4.69) is 9.44 Å². The fraction of sp³-hybridized carbons (Fsp3) is 0.875. The minimum Gasteiger partial charge on any atom is -0.480 e. The van der Waals surface area contributed by atoms with Gasteiger partial charge in [0.1, 0.15) is 6.04 Å². The van der Waals surface area contributed by atoms with Gasteiger partial charge in [-0.05, 0) is 12.3 Å². The lowest BCUT2D eigenvalue weighted by Crippen LogP contribution is -2.46. The van der Waals surface area contributed by atoms with Gasteiger partial charge in [-0.2, -0.15) is 13.1 Å². The zero-order chi connectivity index (χ0) is 12.1. The van der Waals surface area contributed by atoms with E-state index in [1.165, 1.54) is 0 Å². The Labute approximate surface area is 90.2 Å². The number of nitrogens with one attached hydrogen (secondary N) is 2. The molecule has 7 heteroatoms. The van der Waals surface area contributed by atoms with Crippen LogP contribution >= 0.6 is 0 Å². The summed E-state index contributed by atoms with van der Waals surface area (Å²) < 4.78 is 27.0. The molecule has 1 atom stereocenters. The highest BCUT2D eigenvalue weighted by Gasteiger charge is 2.21. The van der Waals surface area contributed by atoms with E-state index in [1.54, 1.807) is 6.92 Å². The summed E-state index contributed by atoms with van der Waals surface area (Å²) in [6.45, 7) is 5.60. The van der Waals surface area contributed by atoms with Crippen LogP contribution in [0.25, 0.3) is 0 Å². The van der Waals surface area contributed by atoms with E-state index in [0.29, 0.717) is 0 Å². The summed E-state index contributed by atoms with van der Waals surface area (Å²) in [4.78, 5) is 10.6. The van der Waals surface area contributed by atoms with E-state index < -0.39 is 22.2 Å². The third kappa shape index (κ3) is 6.43. The molecule has 0 heterocycles. The molecule has 0 amide bonds. The Kier molecular flexibility index (Phi) is 5.77. The number of hydrogen-bond acceptors (Lipinski definition) is 3. The normalized spacial score (nSPS) is 14.1. The summed E-state index contributed by atoms with van der Waals surface area (Å²) in [7, 11) is -3.71. The van der Waals surface area contributed by atoms with E-state index in [1.807, 2.05) is 13.8 Å². The summed E-state index contributed by atoms with van der Waals surface area (Å²) in [5, 5.41) is 8.66. The van der Waals surface area contributed by atoms with Gasteiger partial charge < -0.3 is 5.11 Å². The van der Waals surface area contributed by atoms with Crippen LogP contribution in [0.5, 0.6) is 0 Å². The van der Waals surface area contributed by atoms with Gasteiger partial charge in [0.2, 0.25) is 0 Å². The Balaban J connectivity index is 4.30. The Hall–Kier alpha value is -0.660. The predicted octanol–water partition coefficient (Wildman–Crippen LogP) is -0.0704. The molecule has 0 bridgehead atoms. The van der Waals surface area contributed by atoms with Crippen LogP contribution in [-0.2, 0) is 15.0 Å². The molecule has 0 saturated heterocycles. The average molecular weight is 238 g/mol. The summed E-state index contributed by atoms with van der Waals surface area (Å²) in [5.41, 5.74) is 0. The fourth-order valence-corrected chi connectivity index (χ4v) is 2.09. The molecule has 0 saturated carbocycles. The van der Waals surface area contributed by atoms with Crippen LogP contribution in [0.15, 0.2) is 0 Å². The highest BCUT2D eigenvalue weighted by atomic mass is 32.2. The number of rotatable bonds is 7. The minimum absolute atomic E-state index is 0.173. The van der Waals surface area contributed by atoms with Gasteiger partial charge in [-0.3, -0.25) is 4.79 Å². The van der Waals surface area contributed by atoms with Crippen LogP contribution in [0.1, 0.15) is 27.2 Å². The molecule has 0 aromatic rings. The van der Waals surface area contributed by atoms with Gasteiger partial charge >= 0.3 is 5.97 Å². The quantitative estimate of drug-likeness (QED) is 0.578. The van der Waals surface area contributed by atoms with Crippen molar-refractivity contribution in [3.63, 3.8) is 0 Å². The number of carboxylic acid groups (broad SMARTS) is 1. The predicted molar refractivity (Wildman–Crippen MR) is 56.6 cm³/mol. The van der Waals surface area contributed by atoms with E-state index in [4.69, 9.17) is 5.11 Å². The van der Waals surface area contributed by atoms with Crippen LogP contribution in [0, 0.1) is 5.92 Å². The lowest BCUT2D eigenvalue weighted by atomic mass is 10.2. The lowest BCUT2D eigenvalue weighted by molar-refractivity contribution is -0.139. The van der Waals surface area contributed by atoms with E-state index in [0.717, 1.165) is 0 Å². The van der Waals surface area contributed by atoms with Gasteiger partial charge in [0.25, 0.3) is 10.2 Å². The molecule has 3 N–H and O–H groups in total. The zero-order valence-electron chi connectivity index (χ0n) is 9.15. The maximum Gasteiger partial charge on any atom is 0.321 e. The SMILES string of the molecule is CCC(NS(=O)(=O)NCC(C)C)C(=O)O. The first-order chi connectivity index (χ1) is 6.78. The molecule has 90 valence electrons. The van der Waals surface area contributed by atoms with Crippen LogP contribution in [-0.4, -0.2) is 32.1 Å². The summed E-state index contributed by atoms with van der Waals surface area (Å²) in [6, 6.07) is -1.07. The van der Waals surface area contributed by atoms with Crippen molar-refractivity contribution >= 4 is 16.2 Å². The van der Waals surface area contributed by atoms with Gasteiger partial charge in [0.15, 0.2) is 0 Å². The smallest absolute Gasteiger partial charge is 0.321 e. The zero-order valence-corrected chi connectivity index (χ0v) is 9.97. The maximum absolute atomic E-state index is 11.3. The molecule has 0 aliphatic rings. The van der Waals surface area contributed by atoms with E-state index in [9.17, 15) is 13.2 Å². The highest BCUT2D eigenvalue weighted by molar-refractivity contribution is 7.87. The molecule has 0 aliphatic heterocycles. The first kappa shape index (κ1) is 14.3. The summed E-state index contributed by atoms with van der Waals surface area (Å²) in [6.07, 6.45) is 0.206. The van der Waals surface area contributed by atoms with Crippen molar-refractivity contribution in [2.24, 2.45) is 5.92 Å². The van der Waals surface area contributed by atoms with Gasteiger partial charge in [-0.15, -0.1) is 0 Å². The second-order valence-electron chi connectivity index (χ2n) is 3.66. The van der Waals surface area contributed by atoms with Crippen molar-refractivity contribution in [1.29, 1.82) is 0 Å². The van der Waals surface area contributed by atoms with Crippen molar-refractivity contribution < 1.29 is 18.3 Å². The molecule has 0 aromatic heterocycles. The maximum atomic E-state index is 11.3. The molecule has 0 radical (unpaired) electrons. The third-order valence-electron chi connectivity index (χ3n) is 1.69. The molecule has 0 fully saturated rings. The number of aliphatic carboxylic acids is 1. The third-order valence-corrected chi connectivity index (χ3v) is 2.83. The van der Waals surface area contributed by atoms with Crippen molar-refractivity contribution in [2.75, 3.05) is 6.54 Å². The van der Waals surface area contributed by atoms with Gasteiger partial charge in [0.05, 0.1) is 0 Å². The van der Waals surface area contributed by atoms with Crippen molar-refractivity contribution in [1.82, 2.24) is 9.44 Å². The van der Waals surface area contributed by atoms with Crippen LogP contribution in [0.4, 0.5) is 0 Å². The first-order valence-electron chi connectivity index (χ1n) is 4.78. The first-order valence-corrected chi connectivity index (χ1v) is 6.26. The number of carbonyl (C=O) groups is 1. The van der Waals surface area contributed by atoms with Crippen LogP contribution < -0.4 is 9.44 Å². The topological polar surface area (TPSA) is 95.5 Å².